The van der Waals surface area contributed by atoms with Crippen molar-refractivity contribution in [3.05, 3.63) is 43.8 Å². The van der Waals surface area contributed by atoms with E-state index in [9.17, 15) is 14.4 Å². The van der Waals surface area contributed by atoms with Gasteiger partial charge >= 0.3 is 5.97 Å². The lowest BCUT2D eigenvalue weighted by atomic mass is 9.64. The van der Waals surface area contributed by atoms with Crippen LogP contribution in [0.3, 0.4) is 0 Å². The van der Waals surface area contributed by atoms with Crippen LogP contribution >= 0.6 is 22.6 Å². The molecule has 0 unspecified atom stereocenters. The van der Waals surface area contributed by atoms with E-state index in [0.717, 1.165) is 29.8 Å². The predicted molar refractivity (Wildman–Crippen MR) is 139 cm³/mol. The summed E-state index contributed by atoms with van der Waals surface area (Å²) in [6.07, 6.45) is 2.29. The molecular formula is C27H32INO6. The minimum absolute atomic E-state index is 0.0529. The maximum absolute atomic E-state index is 13.5. The van der Waals surface area contributed by atoms with Crippen molar-refractivity contribution in [1.82, 2.24) is 5.32 Å². The number of carboxylic acids is 1. The quantitative estimate of drug-likeness (QED) is 0.442. The van der Waals surface area contributed by atoms with Gasteiger partial charge in [-0.2, -0.15) is 0 Å². The first-order valence-electron chi connectivity index (χ1n) is 11.9. The fraction of sp³-hybridized carbons (Fsp3) is 0.519. The second kappa shape index (κ2) is 9.26. The van der Waals surface area contributed by atoms with Crippen molar-refractivity contribution in [1.29, 1.82) is 0 Å². The van der Waals surface area contributed by atoms with Crippen LogP contribution in [0.1, 0.15) is 71.8 Å². The molecule has 4 rings (SSSR count). The average molecular weight is 593 g/mol. The summed E-state index contributed by atoms with van der Waals surface area (Å²) in [6, 6.07) is 3.68. The second-order valence-electron chi connectivity index (χ2n) is 11.2. The minimum atomic E-state index is -1.08. The molecule has 7 nitrogen and oxygen atoms in total. The Bertz CT molecular complexity index is 1120. The number of ether oxygens (including phenoxy) is 2. The van der Waals surface area contributed by atoms with E-state index >= 15 is 0 Å². The average Bonchev–Trinajstić information content (AvgIpc) is 2.69. The maximum atomic E-state index is 13.5. The minimum Gasteiger partial charge on any atom is -0.490 e. The van der Waals surface area contributed by atoms with Gasteiger partial charge in [0.1, 0.15) is 0 Å². The zero-order valence-corrected chi connectivity index (χ0v) is 23.0. The molecule has 0 saturated carbocycles. The number of aliphatic carboxylic acids is 1. The zero-order chi connectivity index (χ0) is 25.7. The molecule has 8 heteroatoms. The predicted octanol–water partition coefficient (Wildman–Crippen LogP) is 5.13. The highest BCUT2D eigenvalue weighted by molar-refractivity contribution is 14.1. The van der Waals surface area contributed by atoms with Gasteiger partial charge in [0.2, 0.25) is 0 Å². The van der Waals surface area contributed by atoms with Crippen LogP contribution in [0.2, 0.25) is 0 Å². The summed E-state index contributed by atoms with van der Waals surface area (Å²) in [5.41, 5.74) is 3.57. The molecule has 3 aliphatic rings. The third kappa shape index (κ3) is 5.13. The Labute approximate surface area is 219 Å². The summed E-state index contributed by atoms with van der Waals surface area (Å²) in [5.74, 6) is -0.709. The van der Waals surface area contributed by atoms with E-state index in [1.807, 2.05) is 13.0 Å². The molecule has 2 N–H and O–H groups in total. The largest absolute Gasteiger partial charge is 0.490 e. The lowest BCUT2D eigenvalue weighted by molar-refractivity contribution is -0.139. The molecule has 0 aromatic heterocycles. The van der Waals surface area contributed by atoms with Gasteiger partial charge in [0.05, 0.1) is 10.2 Å². The fourth-order valence-corrected chi connectivity index (χ4v) is 6.29. The van der Waals surface area contributed by atoms with Crippen LogP contribution in [-0.2, 0) is 14.4 Å². The van der Waals surface area contributed by atoms with E-state index in [-0.39, 0.29) is 22.4 Å². The molecular weight excluding hydrogens is 561 g/mol. The Kier molecular flexibility index (Phi) is 6.81. The van der Waals surface area contributed by atoms with E-state index in [1.54, 1.807) is 6.07 Å². The van der Waals surface area contributed by atoms with Gasteiger partial charge in [0.25, 0.3) is 0 Å². The standard InChI is InChI=1S/C27H32INO6/c1-6-34-20-8-14(7-15(28)25(20)35-13-21(32)33)22-23-16(9-26(2,3)11-18(23)30)29-17-10-27(4,5)12-19(31)24(17)22/h7-8,22,29H,6,9-13H2,1-5H3,(H,32,33). The number of Topliss-reactive ketones (excluding diaryl/α,β-unsaturated/α-hetero) is 2. The number of dihydropyridines is 1. The molecule has 1 aromatic carbocycles. The molecule has 0 amide bonds. The van der Waals surface area contributed by atoms with Crippen LogP contribution in [0.25, 0.3) is 0 Å². The van der Waals surface area contributed by atoms with Gasteiger partial charge in [0, 0.05) is 41.3 Å². The smallest absolute Gasteiger partial charge is 0.341 e. The Morgan fingerprint density at radius 1 is 1.00 bits per heavy atom. The van der Waals surface area contributed by atoms with Crippen LogP contribution in [0.5, 0.6) is 11.5 Å². The summed E-state index contributed by atoms with van der Waals surface area (Å²) in [7, 11) is 0. The van der Waals surface area contributed by atoms with Crippen molar-refractivity contribution in [2.24, 2.45) is 10.8 Å². The number of rotatable bonds is 6. The van der Waals surface area contributed by atoms with Crippen molar-refractivity contribution in [3.8, 4) is 11.5 Å². The molecule has 0 fully saturated rings. The first-order chi connectivity index (χ1) is 16.3. The van der Waals surface area contributed by atoms with Gasteiger partial charge in [-0.3, -0.25) is 9.59 Å². The van der Waals surface area contributed by atoms with Crippen LogP contribution in [0.4, 0.5) is 0 Å². The van der Waals surface area contributed by atoms with Crippen molar-refractivity contribution in [3.63, 3.8) is 0 Å². The van der Waals surface area contributed by atoms with Crippen molar-refractivity contribution in [2.75, 3.05) is 13.2 Å². The van der Waals surface area contributed by atoms with Crippen LogP contribution in [-0.4, -0.2) is 35.9 Å². The fourth-order valence-electron chi connectivity index (χ4n) is 5.51. The summed E-state index contributed by atoms with van der Waals surface area (Å²) in [6.45, 7) is 10.1. The molecule has 0 bridgehead atoms. The lowest BCUT2D eigenvalue weighted by Gasteiger charge is -2.44. The number of benzene rings is 1. The monoisotopic (exact) mass is 593 g/mol. The number of nitrogens with one attached hydrogen (secondary N) is 1. The molecule has 1 aromatic rings. The van der Waals surface area contributed by atoms with E-state index < -0.39 is 18.5 Å². The van der Waals surface area contributed by atoms with Crippen LogP contribution in [0.15, 0.2) is 34.7 Å². The van der Waals surface area contributed by atoms with E-state index in [0.29, 0.717) is 45.7 Å². The number of carbonyl (C=O) groups is 3. The summed E-state index contributed by atoms with van der Waals surface area (Å²) >= 11 is 2.10. The summed E-state index contributed by atoms with van der Waals surface area (Å²) in [5, 5.41) is 12.6. The zero-order valence-electron chi connectivity index (χ0n) is 20.8. The van der Waals surface area contributed by atoms with Gasteiger partial charge in [0.15, 0.2) is 29.7 Å². The molecule has 1 heterocycles. The number of ketones is 2. The second-order valence-corrected chi connectivity index (χ2v) is 12.3. The van der Waals surface area contributed by atoms with Crippen molar-refractivity contribution in [2.45, 2.75) is 66.2 Å². The highest BCUT2D eigenvalue weighted by Gasteiger charge is 2.46. The van der Waals surface area contributed by atoms with E-state index in [1.165, 1.54) is 0 Å². The highest BCUT2D eigenvalue weighted by Crippen LogP contribution is 2.52. The Morgan fingerprint density at radius 2 is 1.54 bits per heavy atom. The number of allylic oxidation sites excluding steroid dienone is 4. The SMILES string of the molecule is CCOc1cc(C2C3=C(CC(C)(C)CC3=O)NC3=C2C(=O)CC(C)(C)C3)cc(I)c1OCC(=O)O. The Balaban J connectivity index is 1.90. The summed E-state index contributed by atoms with van der Waals surface area (Å²) < 4.78 is 12.0. The lowest BCUT2D eigenvalue weighted by Crippen LogP contribution is -2.42. The normalized spacial score (nSPS) is 21.3. The third-order valence-electron chi connectivity index (χ3n) is 6.72. The molecule has 35 heavy (non-hydrogen) atoms. The molecule has 0 spiro atoms. The third-order valence-corrected chi connectivity index (χ3v) is 7.53. The molecule has 2 aliphatic carbocycles. The number of carbonyl (C=O) groups excluding carboxylic acids is 2. The Morgan fingerprint density at radius 3 is 2.03 bits per heavy atom. The van der Waals surface area contributed by atoms with E-state index in [4.69, 9.17) is 14.6 Å². The van der Waals surface area contributed by atoms with Gasteiger partial charge in [-0.05, 0) is 70.9 Å². The van der Waals surface area contributed by atoms with Crippen molar-refractivity contribution >= 4 is 40.1 Å². The molecule has 1 aliphatic heterocycles. The number of hydrogen-bond donors (Lipinski definition) is 2. The molecule has 0 saturated heterocycles. The highest BCUT2D eigenvalue weighted by atomic mass is 127. The number of halogens is 1. The molecule has 0 atom stereocenters. The van der Waals surface area contributed by atoms with Crippen LogP contribution < -0.4 is 14.8 Å². The molecule has 188 valence electrons. The topological polar surface area (TPSA) is 102 Å². The van der Waals surface area contributed by atoms with E-state index in [2.05, 4.69) is 55.6 Å². The first kappa shape index (κ1) is 25.7. The van der Waals surface area contributed by atoms with Gasteiger partial charge in [-0.15, -0.1) is 0 Å². The first-order valence-corrected chi connectivity index (χ1v) is 13.0. The van der Waals surface area contributed by atoms with Crippen molar-refractivity contribution < 1.29 is 29.0 Å². The Hall–Kier alpha value is -2.36. The van der Waals surface area contributed by atoms with Gasteiger partial charge < -0.3 is 19.9 Å². The van der Waals surface area contributed by atoms with Crippen LogP contribution in [0, 0.1) is 14.4 Å². The number of carboxylic acid groups (broad SMARTS) is 1. The maximum Gasteiger partial charge on any atom is 0.341 e. The summed E-state index contributed by atoms with van der Waals surface area (Å²) in [4.78, 5) is 38.1. The molecule has 0 radical (unpaired) electrons. The van der Waals surface area contributed by atoms with Gasteiger partial charge in [-0.1, -0.05) is 27.7 Å². The van der Waals surface area contributed by atoms with Gasteiger partial charge in [-0.25, -0.2) is 4.79 Å². The number of hydrogen-bond acceptors (Lipinski definition) is 6.